The van der Waals surface area contributed by atoms with Crippen molar-refractivity contribution in [2.75, 3.05) is 11.1 Å². The van der Waals surface area contributed by atoms with Crippen LogP contribution in [0.25, 0.3) is 0 Å². The second-order valence-corrected chi connectivity index (χ2v) is 8.70. The zero-order chi connectivity index (χ0) is 17.2. The van der Waals surface area contributed by atoms with E-state index in [1.54, 1.807) is 11.8 Å². The third kappa shape index (κ3) is 3.84. The predicted molar refractivity (Wildman–Crippen MR) is 105 cm³/mol. The summed E-state index contributed by atoms with van der Waals surface area (Å²) in [5, 5.41) is 4.73. The summed E-state index contributed by atoms with van der Waals surface area (Å²) in [5.41, 5.74) is 5.62. The van der Waals surface area contributed by atoms with Gasteiger partial charge in [0.05, 0.1) is 5.69 Å². The molecular formula is C21H27N3S. The molecule has 0 spiro atoms. The zero-order valence-electron chi connectivity index (χ0n) is 15.2. The molecule has 0 atom stereocenters. The van der Waals surface area contributed by atoms with E-state index in [0.717, 1.165) is 42.4 Å². The van der Waals surface area contributed by atoms with E-state index in [9.17, 15) is 0 Å². The molecular weight excluding hydrogens is 326 g/mol. The first-order chi connectivity index (χ1) is 12.2. The van der Waals surface area contributed by atoms with Gasteiger partial charge < -0.3 is 5.32 Å². The molecule has 0 unspecified atom stereocenters. The molecule has 0 aliphatic heterocycles. The minimum Gasteiger partial charge on any atom is -0.366 e. The summed E-state index contributed by atoms with van der Waals surface area (Å²) in [6.45, 7) is 4.50. The van der Waals surface area contributed by atoms with Gasteiger partial charge in [-0.1, -0.05) is 49.9 Å². The van der Waals surface area contributed by atoms with Crippen molar-refractivity contribution in [3.05, 3.63) is 46.6 Å². The zero-order valence-corrected chi connectivity index (χ0v) is 16.0. The fraction of sp³-hybridized carbons (Fsp3) is 0.524. The molecule has 0 fully saturated rings. The van der Waals surface area contributed by atoms with Gasteiger partial charge in [-0.25, -0.2) is 9.97 Å². The van der Waals surface area contributed by atoms with E-state index in [1.165, 1.54) is 35.2 Å². The van der Waals surface area contributed by atoms with E-state index in [-0.39, 0.29) is 0 Å². The van der Waals surface area contributed by atoms with Crippen molar-refractivity contribution in [2.45, 2.75) is 63.6 Å². The second kappa shape index (κ2) is 7.36. The number of nitrogens with one attached hydrogen (secondary N) is 1. The van der Waals surface area contributed by atoms with Gasteiger partial charge in [-0.3, -0.25) is 0 Å². The van der Waals surface area contributed by atoms with E-state index in [0.29, 0.717) is 12.0 Å². The molecule has 2 aliphatic rings. The quantitative estimate of drug-likeness (QED) is 0.625. The molecule has 2 aliphatic carbocycles. The maximum atomic E-state index is 4.93. The van der Waals surface area contributed by atoms with Crippen molar-refractivity contribution in [3.8, 4) is 0 Å². The molecule has 1 aromatic carbocycles. The van der Waals surface area contributed by atoms with Crippen LogP contribution in [0.1, 0.15) is 49.1 Å². The van der Waals surface area contributed by atoms with Gasteiger partial charge in [-0.2, -0.15) is 0 Å². The van der Waals surface area contributed by atoms with Crippen LogP contribution in [0.3, 0.4) is 0 Å². The molecule has 1 heterocycles. The standard InChI is InChI=1S/C21H27N3S/c1-14(2)13-25-21-23-19-10-6-5-9-18(19)20(24-21)22-17-11-15-7-3-4-8-16(15)12-17/h3-4,7-8,14,17H,5-6,9-13H2,1-2H3,(H,22,23,24). The van der Waals surface area contributed by atoms with E-state index in [2.05, 4.69) is 43.4 Å². The molecule has 4 heteroatoms. The van der Waals surface area contributed by atoms with Crippen molar-refractivity contribution in [1.29, 1.82) is 0 Å². The third-order valence-corrected chi connectivity index (χ3v) is 6.37. The first-order valence-corrected chi connectivity index (χ1v) is 10.5. The summed E-state index contributed by atoms with van der Waals surface area (Å²) in [7, 11) is 0. The second-order valence-electron chi connectivity index (χ2n) is 7.71. The SMILES string of the molecule is CC(C)CSc1nc2c(c(NC3Cc4ccccc4C3)n1)CCCC2. The average molecular weight is 354 g/mol. The highest BCUT2D eigenvalue weighted by Gasteiger charge is 2.24. The van der Waals surface area contributed by atoms with Gasteiger partial charge in [0.25, 0.3) is 0 Å². The van der Waals surface area contributed by atoms with Gasteiger partial charge in [0, 0.05) is 17.4 Å². The number of anilines is 1. The highest BCUT2D eigenvalue weighted by Crippen LogP contribution is 2.31. The van der Waals surface area contributed by atoms with Gasteiger partial charge in [0.1, 0.15) is 5.82 Å². The summed E-state index contributed by atoms with van der Waals surface area (Å²) in [6, 6.07) is 9.27. The Labute approximate surface area is 155 Å². The number of hydrogen-bond donors (Lipinski definition) is 1. The lowest BCUT2D eigenvalue weighted by atomic mass is 9.96. The van der Waals surface area contributed by atoms with Crippen LogP contribution in [0.15, 0.2) is 29.4 Å². The minimum absolute atomic E-state index is 0.460. The molecule has 2 aromatic rings. The number of nitrogens with zero attached hydrogens (tertiary/aromatic N) is 2. The van der Waals surface area contributed by atoms with Gasteiger partial charge in [-0.05, 0) is 55.6 Å². The van der Waals surface area contributed by atoms with Crippen LogP contribution in [0.4, 0.5) is 5.82 Å². The lowest BCUT2D eigenvalue weighted by Gasteiger charge is -2.22. The number of aryl methyl sites for hydroxylation is 1. The number of hydrogen-bond acceptors (Lipinski definition) is 4. The molecule has 0 radical (unpaired) electrons. The van der Waals surface area contributed by atoms with Crippen LogP contribution in [0, 0.1) is 5.92 Å². The van der Waals surface area contributed by atoms with E-state index < -0.39 is 0 Å². The van der Waals surface area contributed by atoms with Crippen molar-refractivity contribution < 1.29 is 0 Å². The Hall–Kier alpha value is -1.55. The minimum atomic E-state index is 0.460. The fourth-order valence-corrected chi connectivity index (χ4v) is 4.66. The number of rotatable bonds is 5. The van der Waals surface area contributed by atoms with Gasteiger partial charge in [0.15, 0.2) is 5.16 Å². The highest BCUT2D eigenvalue weighted by molar-refractivity contribution is 7.99. The fourth-order valence-electron chi connectivity index (χ4n) is 3.85. The summed E-state index contributed by atoms with van der Waals surface area (Å²) >= 11 is 1.80. The molecule has 1 aromatic heterocycles. The Balaban J connectivity index is 1.56. The van der Waals surface area contributed by atoms with Crippen LogP contribution in [0.5, 0.6) is 0 Å². The third-order valence-electron chi connectivity index (χ3n) is 5.10. The maximum absolute atomic E-state index is 4.93. The van der Waals surface area contributed by atoms with Crippen molar-refractivity contribution >= 4 is 17.6 Å². The van der Waals surface area contributed by atoms with Crippen LogP contribution in [0.2, 0.25) is 0 Å². The Morgan fingerprint density at radius 1 is 1.08 bits per heavy atom. The van der Waals surface area contributed by atoms with Crippen LogP contribution in [-0.4, -0.2) is 21.8 Å². The monoisotopic (exact) mass is 353 g/mol. The molecule has 132 valence electrons. The summed E-state index contributed by atoms with van der Waals surface area (Å²) in [5.74, 6) is 2.84. The summed E-state index contributed by atoms with van der Waals surface area (Å²) in [4.78, 5) is 9.80. The molecule has 0 saturated heterocycles. The summed E-state index contributed by atoms with van der Waals surface area (Å²) < 4.78 is 0. The van der Waals surface area contributed by atoms with E-state index in [4.69, 9.17) is 9.97 Å². The Morgan fingerprint density at radius 2 is 1.80 bits per heavy atom. The molecule has 1 N–H and O–H groups in total. The van der Waals surface area contributed by atoms with Crippen molar-refractivity contribution in [2.24, 2.45) is 5.92 Å². The normalized spacial score (nSPS) is 16.8. The number of thioether (sulfide) groups is 1. The van der Waals surface area contributed by atoms with Crippen molar-refractivity contribution in [1.82, 2.24) is 9.97 Å². The van der Waals surface area contributed by atoms with E-state index >= 15 is 0 Å². The number of aromatic nitrogens is 2. The highest BCUT2D eigenvalue weighted by atomic mass is 32.2. The average Bonchev–Trinajstić information content (AvgIpc) is 3.02. The van der Waals surface area contributed by atoms with Crippen LogP contribution in [-0.2, 0) is 25.7 Å². The van der Waals surface area contributed by atoms with Crippen molar-refractivity contribution in [3.63, 3.8) is 0 Å². The Bertz CT molecular complexity index is 732. The van der Waals surface area contributed by atoms with Gasteiger partial charge in [-0.15, -0.1) is 0 Å². The number of benzene rings is 1. The first-order valence-electron chi connectivity index (χ1n) is 9.55. The van der Waals surface area contributed by atoms with Crippen LogP contribution < -0.4 is 5.32 Å². The lowest BCUT2D eigenvalue weighted by Crippen LogP contribution is -2.23. The predicted octanol–water partition coefficient (Wildman–Crippen LogP) is 4.68. The van der Waals surface area contributed by atoms with Gasteiger partial charge >= 0.3 is 0 Å². The smallest absolute Gasteiger partial charge is 0.189 e. The summed E-state index contributed by atoms with van der Waals surface area (Å²) in [6.07, 6.45) is 6.94. The van der Waals surface area contributed by atoms with Crippen LogP contribution >= 0.6 is 11.8 Å². The Kier molecular flexibility index (Phi) is 4.98. The maximum Gasteiger partial charge on any atom is 0.189 e. The largest absolute Gasteiger partial charge is 0.366 e. The molecule has 3 nitrogen and oxygen atoms in total. The molecule has 0 amide bonds. The topological polar surface area (TPSA) is 37.8 Å². The number of fused-ring (bicyclic) bond motifs is 2. The van der Waals surface area contributed by atoms with E-state index in [1.807, 2.05) is 0 Å². The molecule has 4 rings (SSSR count). The molecule has 25 heavy (non-hydrogen) atoms. The molecule has 0 saturated carbocycles. The first kappa shape index (κ1) is 16.9. The lowest BCUT2D eigenvalue weighted by molar-refractivity contribution is 0.645. The molecule has 0 bridgehead atoms. The Morgan fingerprint density at radius 3 is 2.52 bits per heavy atom. The van der Waals surface area contributed by atoms with Gasteiger partial charge in [0.2, 0.25) is 0 Å².